The minimum absolute atomic E-state index is 0.550. The second-order valence-corrected chi connectivity index (χ2v) is 13.7. The third-order valence-corrected chi connectivity index (χ3v) is 11.1. The minimum Gasteiger partial charge on any atom is -0.457 e. The zero-order valence-corrected chi connectivity index (χ0v) is 27.7. The number of para-hydroxylation sites is 4. The standard InChI is InChI=1S/C48H31NO2/c1-10-25-44-31(14-1)28-48(40-21-8-11-26-45(40)50-44)41-22-9-12-27-46(41)51-47-42(48)23-13-24-43(47)49-29-38-36-19-6-4-17-34(36)32-15-2-3-16-33(32)35-18-5-7-20-37(35)39(38)30-49/h1-27,29-30H,28H2. The molecule has 1 atom stereocenters. The van der Waals surface area contributed by atoms with Crippen molar-refractivity contribution in [1.29, 1.82) is 0 Å². The lowest BCUT2D eigenvalue weighted by atomic mass is 9.64. The van der Waals surface area contributed by atoms with E-state index in [1.54, 1.807) is 0 Å². The van der Waals surface area contributed by atoms with E-state index in [0.717, 1.165) is 51.8 Å². The van der Waals surface area contributed by atoms with Crippen LogP contribution in [-0.4, -0.2) is 4.57 Å². The number of ether oxygens (including phenoxy) is 2. The second-order valence-electron chi connectivity index (χ2n) is 13.7. The maximum atomic E-state index is 7.04. The summed E-state index contributed by atoms with van der Waals surface area (Å²) in [6.07, 6.45) is 5.33. The Labute approximate surface area is 296 Å². The van der Waals surface area contributed by atoms with Gasteiger partial charge in [0, 0.05) is 40.2 Å². The van der Waals surface area contributed by atoms with E-state index < -0.39 is 5.41 Å². The summed E-state index contributed by atoms with van der Waals surface area (Å²) in [5.74, 6) is 3.49. The molecular weight excluding hydrogens is 623 g/mol. The molecule has 11 rings (SSSR count). The van der Waals surface area contributed by atoms with Gasteiger partial charge in [-0.15, -0.1) is 0 Å². The SMILES string of the molecule is c1ccc2c(c1)CC1(c3ccccc3O2)c2ccccc2Oc2c(-n3cc4c(c3)-c3ccccc3-c3ccccc3-c3ccccc3-4)cccc21. The molecule has 0 saturated heterocycles. The van der Waals surface area contributed by atoms with Crippen molar-refractivity contribution in [2.75, 3.05) is 0 Å². The Morgan fingerprint density at radius 3 is 1.37 bits per heavy atom. The number of rotatable bonds is 1. The van der Waals surface area contributed by atoms with Gasteiger partial charge in [-0.25, -0.2) is 0 Å². The third-order valence-electron chi connectivity index (χ3n) is 11.1. The van der Waals surface area contributed by atoms with Crippen LogP contribution < -0.4 is 9.47 Å². The first-order chi connectivity index (χ1) is 25.3. The van der Waals surface area contributed by atoms with Crippen LogP contribution in [0.3, 0.4) is 0 Å². The van der Waals surface area contributed by atoms with Gasteiger partial charge in [0.1, 0.15) is 17.2 Å². The highest BCUT2D eigenvalue weighted by atomic mass is 16.5. The highest BCUT2D eigenvalue weighted by Crippen LogP contribution is 2.59. The number of hydrogen-bond acceptors (Lipinski definition) is 2. The summed E-state index contributed by atoms with van der Waals surface area (Å²) in [5, 5.41) is 0. The molecule has 51 heavy (non-hydrogen) atoms. The average molecular weight is 654 g/mol. The fraction of sp³-hybridized carbons (Fsp3) is 0.0417. The highest BCUT2D eigenvalue weighted by molar-refractivity contribution is 6.03. The molecule has 240 valence electrons. The van der Waals surface area contributed by atoms with Crippen molar-refractivity contribution in [3.05, 3.63) is 198 Å². The Morgan fingerprint density at radius 2 is 0.804 bits per heavy atom. The van der Waals surface area contributed by atoms with Crippen LogP contribution in [0.1, 0.15) is 22.3 Å². The molecule has 0 radical (unpaired) electrons. The van der Waals surface area contributed by atoms with Gasteiger partial charge in [-0.3, -0.25) is 0 Å². The van der Waals surface area contributed by atoms with Crippen molar-refractivity contribution in [1.82, 2.24) is 4.57 Å². The zero-order valence-electron chi connectivity index (χ0n) is 27.7. The summed E-state index contributed by atoms with van der Waals surface area (Å²) in [6, 6.07) is 58.5. The maximum absolute atomic E-state index is 7.04. The van der Waals surface area contributed by atoms with Gasteiger partial charge in [0.15, 0.2) is 5.75 Å². The molecule has 1 aromatic heterocycles. The predicted molar refractivity (Wildman–Crippen MR) is 204 cm³/mol. The number of fused-ring (bicyclic) bond motifs is 15. The van der Waals surface area contributed by atoms with Crippen LogP contribution in [0.25, 0.3) is 50.2 Å². The second kappa shape index (κ2) is 10.7. The van der Waals surface area contributed by atoms with E-state index in [2.05, 4.69) is 181 Å². The van der Waals surface area contributed by atoms with E-state index in [0.29, 0.717) is 0 Å². The van der Waals surface area contributed by atoms with Gasteiger partial charge in [0.05, 0.1) is 11.1 Å². The van der Waals surface area contributed by atoms with E-state index in [1.807, 2.05) is 0 Å². The first-order valence-electron chi connectivity index (χ1n) is 17.5. The molecule has 3 nitrogen and oxygen atoms in total. The van der Waals surface area contributed by atoms with E-state index in [4.69, 9.17) is 9.47 Å². The monoisotopic (exact) mass is 653 g/mol. The average Bonchev–Trinajstić information content (AvgIpc) is 3.56. The van der Waals surface area contributed by atoms with Crippen LogP contribution in [0, 0.1) is 0 Å². The van der Waals surface area contributed by atoms with Crippen molar-refractivity contribution in [3.8, 4) is 73.2 Å². The fourth-order valence-corrected chi connectivity index (χ4v) is 8.85. The highest BCUT2D eigenvalue weighted by Gasteiger charge is 2.48. The maximum Gasteiger partial charge on any atom is 0.155 e. The molecular formula is C48H31NO2. The van der Waals surface area contributed by atoms with Crippen molar-refractivity contribution < 1.29 is 9.47 Å². The molecule has 7 aromatic carbocycles. The van der Waals surface area contributed by atoms with E-state index in [9.17, 15) is 0 Å². The quantitative estimate of drug-likeness (QED) is 0.176. The summed E-state index contributed by atoms with van der Waals surface area (Å²) in [7, 11) is 0. The molecule has 2 aliphatic heterocycles. The third kappa shape index (κ3) is 4.00. The molecule has 0 fully saturated rings. The first kappa shape index (κ1) is 28.3. The first-order valence-corrected chi connectivity index (χ1v) is 17.5. The summed E-state index contributed by atoms with van der Waals surface area (Å²) in [4.78, 5) is 0. The number of hydrogen-bond donors (Lipinski definition) is 0. The van der Waals surface area contributed by atoms with Gasteiger partial charge in [0.2, 0.25) is 0 Å². The molecule has 1 unspecified atom stereocenters. The van der Waals surface area contributed by atoms with Crippen LogP contribution >= 0.6 is 0 Å². The van der Waals surface area contributed by atoms with Crippen molar-refractivity contribution in [3.63, 3.8) is 0 Å². The van der Waals surface area contributed by atoms with Crippen molar-refractivity contribution in [2.24, 2.45) is 0 Å². The fourth-order valence-electron chi connectivity index (χ4n) is 8.85. The topological polar surface area (TPSA) is 23.4 Å². The molecule has 0 amide bonds. The minimum atomic E-state index is -0.550. The molecule has 0 saturated carbocycles. The molecule has 3 heterocycles. The molecule has 1 spiro atoms. The van der Waals surface area contributed by atoms with Crippen molar-refractivity contribution >= 4 is 0 Å². The van der Waals surface area contributed by atoms with Gasteiger partial charge >= 0.3 is 0 Å². The smallest absolute Gasteiger partial charge is 0.155 e. The van der Waals surface area contributed by atoms with Crippen LogP contribution in [0.15, 0.2) is 176 Å². The Balaban J connectivity index is 1.19. The lowest BCUT2D eigenvalue weighted by Crippen LogP contribution is -2.35. The zero-order chi connectivity index (χ0) is 33.5. The van der Waals surface area contributed by atoms with Crippen LogP contribution in [0.4, 0.5) is 0 Å². The molecule has 1 aliphatic carbocycles. The van der Waals surface area contributed by atoms with E-state index in [1.165, 1.54) is 50.1 Å². The van der Waals surface area contributed by atoms with Crippen LogP contribution in [0.5, 0.6) is 23.0 Å². The Morgan fingerprint density at radius 1 is 0.373 bits per heavy atom. The van der Waals surface area contributed by atoms with Gasteiger partial charge < -0.3 is 14.0 Å². The number of aromatic nitrogens is 1. The molecule has 0 bridgehead atoms. The van der Waals surface area contributed by atoms with E-state index >= 15 is 0 Å². The Kier molecular flexibility index (Phi) is 5.94. The Bertz CT molecular complexity index is 2620. The normalized spacial score (nSPS) is 15.8. The van der Waals surface area contributed by atoms with Crippen LogP contribution in [-0.2, 0) is 11.8 Å². The van der Waals surface area contributed by atoms with Crippen molar-refractivity contribution in [2.45, 2.75) is 11.8 Å². The summed E-state index contributed by atoms with van der Waals surface area (Å²) >= 11 is 0. The van der Waals surface area contributed by atoms with Crippen LogP contribution in [0.2, 0.25) is 0 Å². The molecule has 0 N–H and O–H groups in total. The summed E-state index contributed by atoms with van der Waals surface area (Å²) in [5.41, 5.74) is 14.8. The summed E-state index contributed by atoms with van der Waals surface area (Å²) < 4.78 is 16.0. The largest absolute Gasteiger partial charge is 0.457 e. The lowest BCUT2D eigenvalue weighted by Gasteiger charge is -2.41. The van der Waals surface area contributed by atoms with Gasteiger partial charge in [0.25, 0.3) is 0 Å². The van der Waals surface area contributed by atoms with Gasteiger partial charge in [-0.2, -0.15) is 0 Å². The predicted octanol–water partition coefficient (Wildman–Crippen LogP) is 12.2. The Hall–Kier alpha value is -6.58. The number of benzene rings is 7. The lowest BCUT2D eigenvalue weighted by molar-refractivity contribution is 0.413. The number of nitrogens with zero attached hydrogens (tertiary/aromatic N) is 1. The van der Waals surface area contributed by atoms with E-state index in [-0.39, 0.29) is 0 Å². The molecule has 3 aliphatic rings. The van der Waals surface area contributed by atoms with Gasteiger partial charge in [-0.05, 0) is 69.6 Å². The van der Waals surface area contributed by atoms with Gasteiger partial charge in [-0.1, -0.05) is 140 Å². The molecule has 8 aromatic rings. The summed E-state index contributed by atoms with van der Waals surface area (Å²) in [6.45, 7) is 0. The molecule has 3 heteroatoms.